The second-order valence-corrected chi connectivity index (χ2v) is 5.59. The number of rotatable bonds is 3. The Bertz CT molecular complexity index is 498. The van der Waals surface area contributed by atoms with Gasteiger partial charge in [0.1, 0.15) is 0 Å². The third-order valence-corrected chi connectivity index (χ3v) is 3.90. The molecule has 0 bridgehead atoms. The second kappa shape index (κ2) is 5.11. The van der Waals surface area contributed by atoms with Gasteiger partial charge in [-0.25, -0.2) is 0 Å². The van der Waals surface area contributed by atoms with Crippen molar-refractivity contribution >= 4 is 17.4 Å². The quantitative estimate of drug-likeness (QED) is 0.789. The molecule has 0 saturated heterocycles. The number of carbonyl (C=O) groups excluding carboxylic acids is 1. The molecular formula is C16H17ClO. The Hall–Kier alpha value is -1.34. The van der Waals surface area contributed by atoms with Gasteiger partial charge in [0.25, 0.3) is 0 Å². The number of carbonyl (C=O) groups is 1. The van der Waals surface area contributed by atoms with Crippen molar-refractivity contribution in [2.24, 2.45) is 5.41 Å². The first-order valence-corrected chi connectivity index (χ1v) is 6.53. The average Bonchev–Trinajstić information content (AvgIpc) is 2.36. The predicted molar refractivity (Wildman–Crippen MR) is 75.8 cm³/mol. The fourth-order valence-electron chi connectivity index (χ4n) is 2.35. The molecule has 1 aliphatic rings. The number of halogens is 1. The van der Waals surface area contributed by atoms with Crippen molar-refractivity contribution in [3.63, 3.8) is 0 Å². The van der Waals surface area contributed by atoms with Crippen LogP contribution in [-0.2, 0) is 11.2 Å². The molecule has 0 aliphatic heterocycles. The van der Waals surface area contributed by atoms with Crippen LogP contribution in [0, 0.1) is 5.41 Å². The summed E-state index contributed by atoms with van der Waals surface area (Å²) in [6, 6.07) is 7.73. The Morgan fingerprint density at radius 1 is 1.39 bits per heavy atom. The Balaban J connectivity index is 2.18. The molecule has 1 nitrogen and oxygen atoms in total. The van der Waals surface area contributed by atoms with Crippen molar-refractivity contribution in [1.29, 1.82) is 0 Å². The molecule has 94 valence electrons. The zero-order valence-corrected chi connectivity index (χ0v) is 11.3. The van der Waals surface area contributed by atoms with Gasteiger partial charge in [-0.15, -0.1) is 0 Å². The lowest BCUT2D eigenvalue weighted by Crippen LogP contribution is -2.31. The van der Waals surface area contributed by atoms with Gasteiger partial charge in [-0.2, -0.15) is 0 Å². The van der Waals surface area contributed by atoms with Crippen LogP contribution in [0.5, 0.6) is 0 Å². The number of hydrogen-bond donors (Lipinski definition) is 0. The van der Waals surface area contributed by atoms with E-state index in [4.69, 9.17) is 11.6 Å². The summed E-state index contributed by atoms with van der Waals surface area (Å²) in [7, 11) is 0. The zero-order chi connectivity index (χ0) is 13.2. The standard InChI is InChI=1S/C16H17ClO/c1-3-12-8-9-16(2,15(18)10-12)11-13-4-6-14(17)7-5-13/h3-7,10H,1,8-9,11H2,2H3. The van der Waals surface area contributed by atoms with Crippen LogP contribution >= 0.6 is 11.6 Å². The first kappa shape index (κ1) is 13.1. The second-order valence-electron chi connectivity index (χ2n) is 5.15. The molecule has 1 atom stereocenters. The number of benzene rings is 1. The monoisotopic (exact) mass is 260 g/mol. The summed E-state index contributed by atoms with van der Waals surface area (Å²) < 4.78 is 0. The van der Waals surface area contributed by atoms with Gasteiger partial charge in [0.05, 0.1) is 0 Å². The molecule has 0 heterocycles. The molecule has 18 heavy (non-hydrogen) atoms. The van der Waals surface area contributed by atoms with E-state index >= 15 is 0 Å². The first-order chi connectivity index (χ1) is 8.53. The van der Waals surface area contributed by atoms with E-state index < -0.39 is 0 Å². The molecule has 0 radical (unpaired) electrons. The highest BCUT2D eigenvalue weighted by Gasteiger charge is 2.34. The van der Waals surface area contributed by atoms with Crippen molar-refractivity contribution in [2.75, 3.05) is 0 Å². The van der Waals surface area contributed by atoms with Crippen molar-refractivity contribution < 1.29 is 4.79 Å². The maximum Gasteiger partial charge on any atom is 0.162 e. The minimum atomic E-state index is -0.291. The fraction of sp³-hybridized carbons (Fsp3) is 0.312. The first-order valence-electron chi connectivity index (χ1n) is 6.15. The molecule has 0 fully saturated rings. The minimum Gasteiger partial charge on any atom is -0.294 e. The van der Waals surface area contributed by atoms with Crippen LogP contribution in [0.3, 0.4) is 0 Å². The zero-order valence-electron chi connectivity index (χ0n) is 10.6. The lowest BCUT2D eigenvalue weighted by Gasteiger charge is -2.30. The van der Waals surface area contributed by atoms with Crippen molar-refractivity contribution in [3.8, 4) is 0 Å². The van der Waals surface area contributed by atoms with Gasteiger partial charge in [0, 0.05) is 10.4 Å². The van der Waals surface area contributed by atoms with E-state index in [1.165, 1.54) is 0 Å². The highest BCUT2D eigenvalue weighted by atomic mass is 35.5. The largest absolute Gasteiger partial charge is 0.294 e. The Morgan fingerprint density at radius 3 is 2.61 bits per heavy atom. The maximum absolute atomic E-state index is 12.2. The van der Waals surface area contributed by atoms with Gasteiger partial charge < -0.3 is 0 Å². The maximum atomic E-state index is 12.2. The molecule has 1 aliphatic carbocycles. The molecule has 1 aromatic carbocycles. The minimum absolute atomic E-state index is 0.207. The third-order valence-electron chi connectivity index (χ3n) is 3.65. The SMILES string of the molecule is C=CC1=CC(=O)C(C)(Cc2ccc(Cl)cc2)CC1. The normalized spacial score (nSPS) is 23.7. The van der Waals surface area contributed by atoms with Crippen LogP contribution in [0.1, 0.15) is 25.3 Å². The summed E-state index contributed by atoms with van der Waals surface area (Å²) in [4.78, 5) is 12.2. The van der Waals surface area contributed by atoms with Crippen LogP contribution < -0.4 is 0 Å². The van der Waals surface area contributed by atoms with Crippen molar-refractivity contribution in [3.05, 3.63) is 59.2 Å². The summed E-state index contributed by atoms with van der Waals surface area (Å²) >= 11 is 5.87. The van der Waals surface area contributed by atoms with Crippen molar-refractivity contribution in [2.45, 2.75) is 26.2 Å². The van der Waals surface area contributed by atoms with Crippen LogP contribution in [0.2, 0.25) is 5.02 Å². The summed E-state index contributed by atoms with van der Waals surface area (Å²) in [6.07, 6.45) is 6.10. The lowest BCUT2D eigenvalue weighted by atomic mass is 9.72. The lowest BCUT2D eigenvalue weighted by molar-refractivity contribution is -0.123. The highest BCUT2D eigenvalue weighted by molar-refractivity contribution is 6.30. The molecule has 0 amide bonds. The topological polar surface area (TPSA) is 17.1 Å². The highest BCUT2D eigenvalue weighted by Crippen LogP contribution is 2.35. The van der Waals surface area contributed by atoms with Crippen LogP contribution in [0.25, 0.3) is 0 Å². The van der Waals surface area contributed by atoms with Crippen LogP contribution in [0.4, 0.5) is 0 Å². The Kier molecular flexibility index (Phi) is 3.72. The van der Waals surface area contributed by atoms with E-state index in [0.29, 0.717) is 0 Å². The number of ketones is 1. The summed E-state index contributed by atoms with van der Waals surface area (Å²) in [5.74, 6) is 0.207. The molecule has 0 saturated carbocycles. The molecule has 1 unspecified atom stereocenters. The molecular weight excluding hydrogens is 244 g/mol. The van der Waals surface area contributed by atoms with E-state index in [0.717, 1.165) is 35.4 Å². The Labute approximate surface area is 113 Å². The van der Waals surface area contributed by atoms with Gasteiger partial charge in [0.15, 0.2) is 5.78 Å². The molecule has 0 spiro atoms. The van der Waals surface area contributed by atoms with E-state index in [-0.39, 0.29) is 11.2 Å². The average molecular weight is 261 g/mol. The molecule has 0 aromatic heterocycles. The Morgan fingerprint density at radius 2 is 2.06 bits per heavy atom. The van der Waals surface area contributed by atoms with Crippen molar-refractivity contribution in [1.82, 2.24) is 0 Å². The van der Waals surface area contributed by atoms with Gasteiger partial charge in [-0.3, -0.25) is 4.79 Å². The van der Waals surface area contributed by atoms with E-state index in [9.17, 15) is 4.79 Å². The van der Waals surface area contributed by atoms with Gasteiger partial charge in [-0.05, 0) is 48.6 Å². The van der Waals surface area contributed by atoms with Gasteiger partial charge in [-0.1, -0.05) is 43.3 Å². The van der Waals surface area contributed by atoms with Gasteiger partial charge >= 0.3 is 0 Å². The van der Waals surface area contributed by atoms with Gasteiger partial charge in [0.2, 0.25) is 0 Å². The number of allylic oxidation sites excluding steroid dienone is 3. The van der Waals surface area contributed by atoms with E-state index in [2.05, 4.69) is 6.58 Å². The number of hydrogen-bond acceptors (Lipinski definition) is 1. The molecule has 2 rings (SSSR count). The van der Waals surface area contributed by atoms with Crippen LogP contribution in [-0.4, -0.2) is 5.78 Å². The molecule has 0 N–H and O–H groups in total. The van der Waals surface area contributed by atoms with E-state index in [1.54, 1.807) is 12.2 Å². The predicted octanol–water partition coefficient (Wildman–Crippen LogP) is 4.36. The third kappa shape index (κ3) is 2.73. The summed E-state index contributed by atoms with van der Waals surface area (Å²) in [6.45, 7) is 5.77. The fourth-order valence-corrected chi connectivity index (χ4v) is 2.47. The van der Waals surface area contributed by atoms with E-state index in [1.807, 2.05) is 31.2 Å². The smallest absolute Gasteiger partial charge is 0.162 e. The summed E-state index contributed by atoms with van der Waals surface area (Å²) in [5.41, 5.74) is 1.92. The summed E-state index contributed by atoms with van der Waals surface area (Å²) in [5, 5.41) is 0.729. The molecule has 2 heteroatoms. The van der Waals surface area contributed by atoms with Crippen LogP contribution in [0.15, 0.2) is 48.6 Å². The molecule has 1 aromatic rings.